The summed E-state index contributed by atoms with van der Waals surface area (Å²) in [5, 5.41) is 9.89. The summed E-state index contributed by atoms with van der Waals surface area (Å²) in [6, 6.07) is 15.3. The van der Waals surface area contributed by atoms with Crippen molar-refractivity contribution < 1.29 is 9.90 Å². The minimum atomic E-state index is -0.800. The van der Waals surface area contributed by atoms with Crippen molar-refractivity contribution in [1.29, 1.82) is 0 Å². The molecule has 0 saturated carbocycles. The molecule has 0 aliphatic heterocycles. The van der Waals surface area contributed by atoms with E-state index >= 15 is 0 Å². The number of hydrogen-bond donors (Lipinski definition) is 1. The van der Waals surface area contributed by atoms with Crippen LogP contribution in [0.3, 0.4) is 0 Å². The van der Waals surface area contributed by atoms with Crippen molar-refractivity contribution in [3.8, 4) is 0 Å². The fourth-order valence-electron chi connectivity index (χ4n) is 2.21. The Morgan fingerprint density at radius 2 is 1.70 bits per heavy atom. The Balaban J connectivity index is 2.35. The molecule has 0 unspecified atom stereocenters. The van der Waals surface area contributed by atoms with Crippen molar-refractivity contribution in [2.45, 2.75) is 18.8 Å². The van der Waals surface area contributed by atoms with Gasteiger partial charge in [0, 0.05) is 12.3 Å². The highest BCUT2D eigenvalue weighted by molar-refractivity contribution is 6.42. The molecule has 1 N–H and O–H groups in total. The summed E-state index contributed by atoms with van der Waals surface area (Å²) >= 11 is 12.0. The zero-order valence-electron chi connectivity index (χ0n) is 10.7. The van der Waals surface area contributed by atoms with Crippen molar-refractivity contribution in [2.24, 2.45) is 0 Å². The molecule has 0 heterocycles. The molecule has 0 radical (unpaired) electrons. The number of carboxylic acid groups (broad SMARTS) is 1. The molecule has 0 aliphatic rings. The molecule has 0 saturated heterocycles. The average molecular weight is 309 g/mol. The van der Waals surface area contributed by atoms with E-state index in [-0.39, 0.29) is 12.3 Å². The van der Waals surface area contributed by atoms with Crippen LogP contribution in [-0.2, 0) is 4.79 Å². The summed E-state index contributed by atoms with van der Waals surface area (Å²) in [5.74, 6) is -0.798. The van der Waals surface area contributed by atoms with Gasteiger partial charge in [0.15, 0.2) is 0 Å². The Morgan fingerprint density at radius 3 is 2.30 bits per heavy atom. The first-order valence-corrected chi connectivity index (χ1v) is 7.05. The molecule has 0 aromatic heterocycles. The second-order valence-electron chi connectivity index (χ2n) is 4.57. The van der Waals surface area contributed by atoms with Crippen LogP contribution in [0.5, 0.6) is 0 Å². The Kier molecular flexibility index (Phi) is 5.05. The van der Waals surface area contributed by atoms with E-state index in [0.29, 0.717) is 16.5 Å². The smallest absolute Gasteiger partial charge is 0.303 e. The van der Waals surface area contributed by atoms with Crippen LogP contribution in [0.2, 0.25) is 10.0 Å². The zero-order chi connectivity index (χ0) is 14.5. The van der Waals surface area contributed by atoms with E-state index < -0.39 is 5.97 Å². The molecule has 2 rings (SSSR count). The predicted octanol–water partition coefficient (Wildman–Crippen LogP) is 4.99. The summed E-state index contributed by atoms with van der Waals surface area (Å²) in [4.78, 5) is 10.8. The normalized spacial score (nSPS) is 12.1. The van der Waals surface area contributed by atoms with Gasteiger partial charge in [0.2, 0.25) is 0 Å². The molecular formula is C16H14Cl2O2. The Labute approximate surface area is 128 Å². The van der Waals surface area contributed by atoms with Gasteiger partial charge in [-0.2, -0.15) is 0 Å². The van der Waals surface area contributed by atoms with E-state index in [1.807, 2.05) is 42.5 Å². The van der Waals surface area contributed by atoms with Crippen molar-refractivity contribution in [1.82, 2.24) is 0 Å². The summed E-state index contributed by atoms with van der Waals surface area (Å²) in [6.45, 7) is 0. The van der Waals surface area contributed by atoms with E-state index in [0.717, 1.165) is 11.1 Å². The molecule has 0 fully saturated rings. The van der Waals surface area contributed by atoms with E-state index in [1.165, 1.54) is 0 Å². The summed E-state index contributed by atoms with van der Waals surface area (Å²) in [6.07, 6.45) is 0.636. The first kappa shape index (κ1) is 14.9. The van der Waals surface area contributed by atoms with Crippen LogP contribution in [0.15, 0.2) is 48.5 Å². The number of aliphatic carboxylic acids is 1. The molecule has 0 amide bonds. The lowest BCUT2D eigenvalue weighted by atomic mass is 9.87. The number of carbonyl (C=O) groups is 1. The molecule has 2 aromatic rings. The largest absolute Gasteiger partial charge is 0.481 e. The molecule has 1 atom stereocenters. The Hall–Kier alpha value is -1.51. The van der Waals surface area contributed by atoms with Gasteiger partial charge < -0.3 is 5.11 Å². The molecule has 2 nitrogen and oxygen atoms in total. The maximum Gasteiger partial charge on any atom is 0.303 e. The summed E-state index contributed by atoms with van der Waals surface area (Å²) in [5.41, 5.74) is 2.05. The van der Waals surface area contributed by atoms with E-state index in [2.05, 4.69) is 0 Å². The minimum absolute atomic E-state index is 0.00191. The number of rotatable bonds is 5. The topological polar surface area (TPSA) is 37.3 Å². The summed E-state index contributed by atoms with van der Waals surface area (Å²) in [7, 11) is 0. The van der Waals surface area contributed by atoms with Crippen LogP contribution >= 0.6 is 23.2 Å². The van der Waals surface area contributed by atoms with Gasteiger partial charge in [-0.05, 0) is 29.7 Å². The maximum atomic E-state index is 10.8. The van der Waals surface area contributed by atoms with Crippen LogP contribution in [0.4, 0.5) is 0 Å². The highest BCUT2D eigenvalue weighted by atomic mass is 35.5. The second kappa shape index (κ2) is 6.78. The van der Waals surface area contributed by atoms with Crippen LogP contribution in [0.1, 0.15) is 29.9 Å². The Bertz CT molecular complexity index is 597. The molecule has 104 valence electrons. The standard InChI is InChI=1S/C16H14Cl2O2/c17-14-8-6-12(10-15(14)18)13(7-9-16(19)20)11-4-2-1-3-5-11/h1-6,8,10,13H,7,9H2,(H,19,20)/t13-/m1/s1. The maximum absolute atomic E-state index is 10.8. The van der Waals surface area contributed by atoms with Gasteiger partial charge in [0.05, 0.1) is 10.0 Å². The van der Waals surface area contributed by atoms with Crippen LogP contribution < -0.4 is 0 Å². The first-order chi connectivity index (χ1) is 9.58. The van der Waals surface area contributed by atoms with Gasteiger partial charge in [-0.3, -0.25) is 4.79 Å². The third kappa shape index (κ3) is 3.75. The molecule has 0 aliphatic carbocycles. The number of hydrogen-bond acceptors (Lipinski definition) is 1. The van der Waals surface area contributed by atoms with Gasteiger partial charge in [-0.25, -0.2) is 0 Å². The SMILES string of the molecule is O=C(O)CC[C@H](c1ccccc1)c1ccc(Cl)c(Cl)c1. The molecule has 0 bridgehead atoms. The van der Waals surface area contributed by atoms with Crippen molar-refractivity contribution in [2.75, 3.05) is 0 Å². The molecule has 4 heteroatoms. The van der Waals surface area contributed by atoms with Gasteiger partial charge in [0.1, 0.15) is 0 Å². The third-order valence-electron chi connectivity index (χ3n) is 3.19. The highest BCUT2D eigenvalue weighted by Gasteiger charge is 2.16. The second-order valence-corrected chi connectivity index (χ2v) is 5.38. The lowest BCUT2D eigenvalue weighted by molar-refractivity contribution is -0.137. The molecule has 0 spiro atoms. The van der Waals surface area contributed by atoms with Crippen molar-refractivity contribution in [3.63, 3.8) is 0 Å². The van der Waals surface area contributed by atoms with Gasteiger partial charge in [-0.1, -0.05) is 59.6 Å². The Morgan fingerprint density at radius 1 is 1.00 bits per heavy atom. The van der Waals surface area contributed by atoms with Crippen molar-refractivity contribution >= 4 is 29.2 Å². The minimum Gasteiger partial charge on any atom is -0.481 e. The zero-order valence-corrected chi connectivity index (χ0v) is 12.2. The number of benzene rings is 2. The van der Waals surface area contributed by atoms with Gasteiger partial charge >= 0.3 is 5.97 Å². The quantitative estimate of drug-likeness (QED) is 0.845. The van der Waals surface area contributed by atoms with Crippen LogP contribution in [-0.4, -0.2) is 11.1 Å². The van der Waals surface area contributed by atoms with E-state index in [4.69, 9.17) is 28.3 Å². The van der Waals surface area contributed by atoms with Crippen LogP contribution in [0, 0.1) is 0 Å². The lowest BCUT2D eigenvalue weighted by Crippen LogP contribution is -2.05. The van der Waals surface area contributed by atoms with Crippen molar-refractivity contribution in [3.05, 3.63) is 69.7 Å². The van der Waals surface area contributed by atoms with Gasteiger partial charge in [0.25, 0.3) is 0 Å². The van der Waals surface area contributed by atoms with Crippen LogP contribution in [0.25, 0.3) is 0 Å². The molecular weight excluding hydrogens is 295 g/mol. The highest BCUT2D eigenvalue weighted by Crippen LogP contribution is 2.33. The average Bonchev–Trinajstić information content (AvgIpc) is 2.44. The monoisotopic (exact) mass is 308 g/mol. The van der Waals surface area contributed by atoms with E-state index in [1.54, 1.807) is 6.07 Å². The predicted molar refractivity (Wildman–Crippen MR) is 81.6 cm³/mol. The van der Waals surface area contributed by atoms with E-state index in [9.17, 15) is 4.79 Å². The summed E-state index contributed by atoms with van der Waals surface area (Å²) < 4.78 is 0. The van der Waals surface area contributed by atoms with Gasteiger partial charge in [-0.15, -0.1) is 0 Å². The first-order valence-electron chi connectivity index (χ1n) is 6.29. The fourth-order valence-corrected chi connectivity index (χ4v) is 2.51. The molecule has 2 aromatic carbocycles. The number of carboxylic acids is 1. The third-order valence-corrected chi connectivity index (χ3v) is 3.93. The fraction of sp³-hybridized carbons (Fsp3) is 0.188. The molecule has 20 heavy (non-hydrogen) atoms. The lowest BCUT2D eigenvalue weighted by Gasteiger charge is -2.17. The number of halogens is 2.